The number of hydrogen-bond acceptors (Lipinski definition) is 2. The van der Waals surface area contributed by atoms with Crippen molar-refractivity contribution in [2.75, 3.05) is 26.2 Å². The highest BCUT2D eigenvalue weighted by atomic mass is 15.3. The maximum atomic E-state index is 2.87. The van der Waals surface area contributed by atoms with Gasteiger partial charge in [0, 0.05) is 38.3 Å². The van der Waals surface area contributed by atoms with Gasteiger partial charge >= 0.3 is 0 Å². The lowest BCUT2D eigenvalue weighted by atomic mass is 9.81. The van der Waals surface area contributed by atoms with E-state index in [0.29, 0.717) is 0 Å². The van der Waals surface area contributed by atoms with E-state index in [0.717, 1.165) is 29.8 Å². The lowest BCUT2D eigenvalue weighted by molar-refractivity contribution is 0.0394. The van der Waals surface area contributed by atoms with Crippen LogP contribution in [-0.4, -0.2) is 48.1 Å². The monoisotopic (exact) mass is 338 g/mol. The van der Waals surface area contributed by atoms with Crippen LogP contribution in [0.3, 0.4) is 0 Å². The van der Waals surface area contributed by atoms with Crippen LogP contribution in [0.4, 0.5) is 0 Å². The molecule has 2 bridgehead atoms. The average Bonchev–Trinajstić information content (AvgIpc) is 3.33. The minimum absolute atomic E-state index is 0.813. The van der Waals surface area contributed by atoms with Gasteiger partial charge in [-0.25, -0.2) is 0 Å². The molecule has 0 unspecified atom stereocenters. The van der Waals surface area contributed by atoms with Gasteiger partial charge in [-0.05, 0) is 68.3 Å². The van der Waals surface area contributed by atoms with Gasteiger partial charge in [0.15, 0.2) is 0 Å². The van der Waals surface area contributed by atoms with Gasteiger partial charge in [0.05, 0.1) is 0 Å². The van der Waals surface area contributed by atoms with Crippen molar-refractivity contribution in [2.24, 2.45) is 11.8 Å². The molecular weight excluding hydrogens is 304 g/mol. The van der Waals surface area contributed by atoms with Crippen LogP contribution in [-0.2, 0) is 0 Å². The van der Waals surface area contributed by atoms with Gasteiger partial charge in [0.2, 0.25) is 0 Å². The number of hydrogen-bond donors (Lipinski definition) is 0. The molecule has 1 aromatic carbocycles. The Labute approximate surface area is 153 Å². The molecule has 2 nitrogen and oxygen atoms in total. The zero-order valence-electron chi connectivity index (χ0n) is 15.7. The van der Waals surface area contributed by atoms with Crippen LogP contribution in [0.5, 0.6) is 0 Å². The van der Waals surface area contributed by atoms with Crippen LogP contribution >= 0.6 is 0 Å². The Morgan fingerprint density at radius 3 is 2.04 bits per heavy atom. The third kappa shape index (κ3) is 3.28. The van der Waals surface area contributed by atoms with Crippen molar-refractivity contribution >= 4 is 0 Å². The van der Waals surface area contributed by atoms with Crippen molar-refractivity contribution in [1.29, 1.82) is 0 Å². The highest BCUT2D eigenvalue weighted by Crippen LogP contribution is 2.47. The minimum atomic E-state index is 0.813. The number of rotatable bonds is 3. The van der Waals surface area contributed by atoms with E-state index in [9.17, 15) is 0 Å². The summed E-state index contributed by atoms with van der Waals surface area (Å²) in [6.45, 7) is 5.34. The number of benzene rings is 1. The summed E-state index contributed by atoms with van der Waals surface area (Å²) in [4.78, 5) is 5.71. The molecule has 0 amide bonds. The standard InChI is InChI=1S/C23H34N2/c1-2-4-19(5-3-1)20-8-10-22(11-9-20)24-12-14-25(15-13-24)23-17-18-6-7-21(23)16-18/h1-5,18,20-23H,6-17H2/t18-,20?,21+,22?,23-/m0/s1. The van der Waals surface area contributed by atoms with Crippen LogP contribution in [0.15, 0.2) is 30.3 Å². The molecule has 4 fully saturated rings. The lowest BCUT2D eigenvalue weighted by Gasteiger charge is -2.45. The Kier molecular flexibility index (Phi) is 4.60. The Morgan fingerprint density at radius 2 is 1.40 bits per heavy atom. The summed E-state index contributed by atoms with van der Waals surface area (Å²) < 4.78 is 0. The fraction of sp³-hybridized carbons (Fsp3) is 0.739. The van der Waals surface area contributed by atoms with Gasteiger partial charge in [0.1, 0.15) is 0 Å². The highest BCUT2D eigenvalue weighted by molar-refractivity contribution is 5.20. The average molecular weight is 339 g/mol. The second-order valence-corrected chi connectivity index (χ2v) is 9.23. The van der Waals surface area contributed by atoms with Crippen molar-refractivity contribution in [2.45, 2.75) is 69.4 Å². The molecule has 25 heavy (non-hydrogen) atoms. The van der Waals surface area contributed by atoms with Crippen LogP contribution in [0.25, 0.3) is 0 Å². The predicted octanol–water partition coefficient (Wildman–Crippen LogP) is 4.52. The van der Waals surface area contributed by atoms with Crippen LogP contribution in [0.1, 0.15) is 62.8 Å². The third-order valence-corrected chi connectivity index (χ3v) is 8.00. The first-order chi connectivity index (χ1) is 12.4. The second kappa shape index (κ2) is 7.04. The Morgan fingerprint density at radius 1 is 0.680 bits per heavy atom. The molecule has 1 saturated heterocycles. The lowest BCUT2D eigenvalue weighted by Crippen LogP contribution is -2.54. The summed E-state index contributed by atoms with van der Waals surface area (Å²) in [5.74, 6) is 2.95. The fourth-order valence-electron chi connectivity index (χ4n) is 6.59. The molecule has 3 aliphatic carbocycles. The molecular formula is C23H34N2. The zero-order valence-corrected chi connectivity index (χ0v) is 15.7. The van der Waals surface area contributed by atoms with Crippen molar-refractivity contribution < 1.29 is 0 Å². The minimum Gasteiger partial charge on any atom is -0.298 e. The predicted molar refractivity (Wildman–Crippen MR) is 104 cm³/mol. The largest absolute Gasteiger partial charge is 0.298 e. The fourth-order valence-corrected chi connectivity index (χ4v) is 6.59. The summed E-state index contributed by atoms with van der Waals surface area (Å²) in [7, 11) is 0. The third-order valence-electron chi connectivity index (χ3n) is 8.00. The molecule has 0 aromatic heterocycles. The summed E-state index contributed by atoms with van der Waals surface area (Å²) in [5, 5.41) is 0. The van der Waals surface area contributed by atoms with E-state index in [1.165, 1.54) is 71.1 Å². The van der Waals surface area contributed by atoms with Gasteiger partial charge in [-0.2, -0.15) is 0 Å². The molecule has 0 N–H and O–H groups in total. The normalized spacial score (nSPS) is 39.8. The summed E-state index contributed by atoms with van der Waals surface area (Å²) in [6.07, 6.45) is 11.7. The van der Waals surface area contributed by atoms with Gasteiger partial charge in [0.25, 0.3) is 0 Å². The maximum Gasteiger partial charge on any atom is 0.0127 e. The second-order valence-electron chi connectivity index (χ2n) is 9.23. The highest BCUT2D eigenvalue weighted by Gasteiger charge is 2.43. The van der Waals surface area contributed by atoms with E-state index in [2.05, 4.69) is 40.1 Å². The van der Waals surface area contributed by atoms with Gasteiger partial charge < -0.3 is 0 Å². The Hall–Kier alpha value is -0.860. The molecule has 1 aromatic rings. The number of nitrogens with zero attached hydrogens (tertiary/aromatic N) is 2. The van der Waals surface area contributed by atoms with Crippen molar-refractivity contribution in [3.63, 3.8) is 0 Å². The van der Waals surface area contributed by atoms with Gasteiger partial charge in [-0.15, -0.1) is 0 Å². The van der Waals surface area contributed by atoms with E-state index in [4.69, 9.17) is 0 Å². The SMILES string of the molecule is c1ccc(C2CCC(N3CCN([C@H]4C[C@H]5CC[C@@H]4C5)CC3)CC2)cc1. The van der Waals surface area contributed by atoms with Gasteiger partial charge in [-0.1, -0.05) is 36.8 Å². The topological polar surface area (TPSA) is 6.48 Å². The first-order valence-electron chi connectivity index (χ1n) is 10.9. The molecule has 4 aliphatic rings. The van der Waals surface area contributed by atoms with Crippen LogP contribution in [0.2, 0.25) is 0 Å². The first-order valence-corrected chi connectivity index (χ1v) is 10.9. The zero-order chi connectivity index (χ0) is 16.6. The summed E-state index contributed by atoms with van der Waals surface area (Å²) in [6, 6.07) is 13.0. The molecule has 1 heterocycles. The molecule has 0 spiro atoms. The Balaban J connectivity index is 1.11. The van der Waals surface area contributed by atoms with Crippen molar-refractivity contribution in [1.82, 2.24) is 9.80 Å². The molecule has 136 valence electrons. The quantitative estimate of drug-likeness (QED) is 0.799. The van der Waals surface area contributed by atoms with Crippen LogP contribution < -0.4 is 0 Å². The van der Waals surface area contributed by atoms with Crippen molar-refractivity contribution in [3.8, 4) is 0 Å². The van der Waals surface area contributed by atoms with E-state index < -0.39 is 0 Å². The molecule has 0 radical (unpaired) electrons. The van der Waals surface area contributed by atoms with E-state index in [1.54, 1.807) is 12.0 Å². The number of piperazine rings is 1. The van der Waals surface area contributed by atoms with Gasteiger partial charge in [-0.3, -0.25) is 9.80 Å². The summed E-state index contributed by atoms with van der Waals surface area (Å²) >= 11 is 0. The van der Waals surface area contributed by atoms with Crippen LogP contribution in [0, 0.1) is 11.8 Å². The number of fused-ring (bicyclic) bond motifs is 2. The Bertz CT molecular complexity index is 555. The smallest absolute Gasteiger partial charge is 0.0127 e. The first kappa shape index (κ1) is 16.3. The molecule has 1 aliphatic heterocycles. The molecule has 3 atom stereocenters. The van der Waals surface area contributed by atoms with E-state index in [1.807, 2.05) is 0 Å². The maximum absolute atomic E-state index is 2.87. The molecule has 3 saturated carbocycles. The van der Waals surface area contributed by atoms with E-state index >= 15 is 0 Å². The molecule has 5 rings (SSSR count). The van der Waals surface area contributed by atoms with Crippen molar-refractivity contribution in [3.05, 3.63) is 35.9 Å². The summed E-state index contributed by atoms with van der Waals surface area (Å²) in [5.41, 5.74) is 1.57. The van der Waals surface area contributed by atoms with E-state index in [-0.39, 0.29) is 0 Å². The molecule has 2 heteroatoms.